The van der Waals surface area contributed by atoms with E-state index >= 15 is 0 Å². The minimum atomic E-state index is -1.93. The second-order valence-corrected chi connectivity index (χ2v) is 10.2. The van der Waals surface area contributed by atoms with E-state index in [-0.39, 0.29) is 0 Å². The Morgan fingerprint density at radius 2 is 1.59 bits per heavy atom. The van der Waals surface area contributed by atoms with Gasteiger partial charge in [-0.15, -0.1) is 0 Å². The Morgan fingerprint density at radius 3 is 2.25 bits per heavy atom. The molecule has 20 nitrogen and oxygen atoms in total. The maximum atomic E-state index is 11.4. The van der Waals surface area contributed by atoms with Gasteiger partial charge in [-0.2, -0.15) is 0 Å². The highest BCUT2D eigenvalue weighted by molar-refractivity contribution is 5.65. The second kappa shape index (κ2) is 14.6. The van der Waals surface area contributed by atoms with E-state index in [1.54, 1.807) is 0 Å². The van der Waals surface area contributed by atoms with Crippen molar-refractivity contribution >= 4 is 11.7 Å². The van der Waals surface area contributed by atoms with E-state index in [0.29, 0.717) is 0 Å². The van der Waals surface area contributed by atoms with Crippen LogP contribution in [0.25, 0.3) is 0 Å². The predicted octanol–water partition coefficient (Wildman–Crippen LogP) is -4.97. The highest BCUT2D eigenvalue weighted by Gasteiger charge is 2.53. The Labute approximate surface area is 248 Å². The molecule has 0 aromatic carbocycles. The molecule has 0 amide bonds. The van der Waals surface area contributed by atoms with Gasteiger partial charge in [0.2, 0.25) is 6.29 Å². The van der Waals surface area contributed by atoms with E-state index in [0.717, 1.165) is 13.0 Å². The number of carbonyl (C=O) groups excluding carboxylic acids is 1. The van der Waals surface area contributed by atoms with Crippen LogP contribution >= 0.6 is 0 Å². The number of nitro groups is 1. The molecule has 14 atom stereocenters. The molecule has 0 radical (unpaired) electrons. The lowest BCUT2D eigenvalue weighted by Crippen LogP contribution is -2.66. The standard InChI is InChI=1S/C24H34N2O18/c1-8(28)38-6-12-15(31)20(43-23-18(34)16(32)13(29)10(5-27)40-23)19(35)24(42-12)41-11-7-39-22(17(33)14(11)30)44-21-9(26(36)37)3-2-4-25-21/h2-4,10-20,22-24,27,29-35H,5-7H2,1H3/t10-,11-,12-,13+,14+,15+,16+,17-,18-,19-,20+,22+,23+,24-/m1/s1. The Balaban J connectivity index is 1.48. The molecular weight excluding hydrogens is 604 g/mol. The van der Waals surface area contributed by atoms with Gasteiger partial charge in [0.05, 0.1) is 18.1 Å². The molecule has 0 bridgehead atoms. The van der Waals surface area contributed by atoms with Gasteiger partial charge in [-0.25, -0.2) is 4.98 Å². The highest BCUT2D eigenvalue weighted by Crippen LogP contribution is 2.32. The van der Waals surface area contributed by atoms with Crippen molar-refractivity contribution in [2.45, 2.75) is 92.9 Å². The van der Waals surface area contributed by atoms with Crippen LogP contribution < -0.4 is 4.74 Å². The summed E-state index contributed by atoms with van der Waals surface area (Å²) >= 11 is 0. The van der Waals surface area contributed by atoms with Crippen molar-refractivity contribution in [3.63, 3.8) is 0 Å². The zero-order valence-electron chi connectivity index (χ0n) is 23.0. The van der Waals surface area contributed by atoms with Gasteiger partial charge in [-0.05, 0) is 6.07 Å². The van der Waals surface area contributed by atoms with Crippen LogP contribution in [0, 0.1) is 10.1 Å². The van der Waals surface area contributed by atoms with E-state index in [2.05, 4.69) is 4.98 Å². The number of aliphatic hydroxyl groups is 8. The number of hydrogen-bond acceptors (Lipinski definition) is 19. The lowest BCUT2D eigenvalue weighted by molar-refractivity contribution is -0.387. The molecule has 1 aromatic heterocycles. The van der Waals surface area contributed by atoms with Gasteiger partial charge in [0.15, 0.2) is 12.6 Å². The fourth-order valence-electron chi connectivity index (χ4n) is 4.73. The first-order chi connectivity index (χ1) is 20.8. The van der Waals surface area contributed by atoms with Crippen molar-refractivity contribution < 1.29 is 83.7 Å². The Morgan fingerprint density at radius 1 is 0.932 bits per heavy atom. The van der Waals surface area contributed by atoms with Crippen LogP contribution in [-0.2, 0) is 33.2 Å². The van der Waals surface area contributed by atoms with E-state index in [1.807, 2.05) is 0 Å². The zero-order valence-corrected chi connectivity index (χ0v) is 23.0. The number of esters is 1. The van der Waals surface area contributed by atoms with Crippen LogP contribution in [0.4, 0.5) is 5.69 Å². The molecule has 0 spiro atoms. The fourth-order valence-corrected chi connectivity index (χ4v) is 4.73. The molecule has 3 saturated heterocycles. The highest BCUT2D eigenvalue weighted by atomic mass is 16.8. The second-order valence-electron chi connectivity index (χ2n) is 10.2. The molecule has 3 aliphatic rings. The number of pyridine rings is 1. The van der Waals surface area contributed by atoms with Crippen LogP contribution in [0.3, 0.4) is 0 Å². The van der Waals surface area contributed by atoms with Crippen LogP contribution in [0.1, 0.15) is 6.92 Å². The normalized spacial score (nSPS) is 41.1. The molecule has 20 heteroatoms. The third kappa shape index (κ3) is 7.39. The lowest BCUT2D eigenvalue weighted by Gasteiger charge is -2.47. The molecule has 0 aliphatic carbocycles. The van der Waals surface area contributed by atoms with Crippen LogP contribution in [0.15, 0.2) is 18.3 Å². The number of nitrogens with zero attached hydrogens (tertiary/aromatic N) is 2. The van der Waals surface area contributed by atoms with Gasteiger partial charge < -0.3 is 74.0 Å². The summed E-state index contributed by atoms with van der Waals surface area (Å²) in [4.78, 5) is 25.6. The minimum absolute atomic E-state index is 0.491. The largest absolute Gasteiger partial charge is 0.463 e. The zero-order chi connectivity index (χ0) is 32.3. The summed E-state index contributed by atoms with van der Waals surface area (Å²) < 4.78 is 37.6. The number of hydrogen-bond donors (Lipinski definition) is 8. The summed E-state index contributed by atoms with van der Waals surface area (Å²) in [6.07, 6.45) is -22.8. The molecule has 0 unspecified atom stereocenters. The van der Waals surface area contributed by atoms with Crippen molar-refractivity contribution in [2.24, 2.45) is 0 Å². The summed E-state index contributed by atoms with van der Waals surface area (Å²) in [5.74, 6) is -1.25. The molecule has 8 N–H and O–H groups in total. The number of ether oxygens (including phenoxy) is 7. The Bertz CT molecular complexity index is 1130. The number of carbonyl (C=O) groups is 1. The van der Waals surface area contributed by atoms with Crippen molar-refractivity contribution in [1.82, 2.24) is 4.98 Å². The third-order valence-corrected chi connectivity index (χ3v) is 7.15. The van der Waals surface area contributed by atoms with Crippen molar-refractivity contribution in [3.05, 3.63) is 28.4 Å². The van der Waals surface area contributed by atoms with Gasteiger partial charge in [0.1, 0.15) is 73.8 Å². The quantitative estimate of drug-likeness (QED) is 0.0676. The summed E-state index contributed by atoms with van der Waals surface area (Å²) in [6.45, 7) is -0.811. The van der Waals surface area contributed by atoms with Gasteiger partial charge in [0.25, 0.3) is 5.88 Å². The summed E-state index contributed by atoms with van der Waals surface area (Å²) in [5, 5.41) is 94.5. The van der Waals surface area contributed by atoms with E-state index in [9.17, 15) is 55.8 Å². The fraction of sp³-hybridized carbons (Fsp3) is 0.750. The van der Waals surface area contributed by atoms with Crippen LogP contribution in [-0.4, -0.2) is 163 Å². The van der Waals surface area contributed by atoms with Gasteiger partial charge in [-0.1, -0.05) is 0 Å². The van der Waals surface area contributed by atoms with Crippen molar-refractivity contribution in [2.75, 3.05) is 19.8 Å². The molecule has 248 valence electrons. The van der Waals surface area contributed by atoms with Crippen LogP contribution in [0.5, 0.6) is 5.88 Å². The van der Waals surface area contributed by atoms with Crippen molar-refractivity contribution in [1.29, 1.82) is 0 Å². The molecule has 44 heavy (non-hydrogen) atoms. The predicted molar refractivity (Wildman–Crippen MR) is 134 cm³/mol. The molecule has 1 aromatic rings. The monoisotopic (exact) mass is 638 g/mol. The number of aromatic nitrogens is 1. The summed E-state index contributed by atoms with van der Waals surface area (Å²) in [5.41, 5.74) is -0.530. The molecule has 3 fully saturated rings. The van der Waals surface area contributed by atoms with E-state index in [4.69, 9.17) is 33.2 Å². The molecular formula is C24H34N2O18. The summed E-state index contributed by atoms with van der Waals surface area (Å²) in [7, 11) is 0. The first-order valence-corrected chi connectivity index (χ1v) is 13.3. The first-order valence-electron chi connectivity index (χ1n) is 13.3. The Hall–Kier alpha value is -2.70. The van der Waals surface area contributed by atoms with Gasteiger partial charge in [0, 0.05) is 19.2 Å². The first kappa shape index (κ1) is 34.2. The van der Waals surface area contributed by atoms with E-state index in [1.165, 1.54) is 12.3 Å². The molecule has 4 rings (SSSR count). The van der Waals surface area contributed by atoms with Gasteiger partial charge in [-0.3, -0.25) is 14.9 Å². The average molecular weight is 639 g/mol. The summed E-state index contributed by atoms with van der Waals surface area (Å²) in [6, 6.07) is 2.39. The lowest BCUT2D eigenvalue weighted by atomic mass is 9.96. The third-order valence-electron chi connectivity index (χ3n) is 7.15. The molecule has 3 aliphatic heterocycles. The van der Waals surface area contributed by atoms with Crippen LogP contribution in [0.2, 0.25) is 0 Å². The average Bonchev–Trinajstić information content (AvgIpc) is 2.99. The number of aliphatic hydroxyl groups excluding tert-OH is 8. The SMILES string of the molecule is CC(=O)OC[C@H]1O[C@@H](O[C@@H]2CO[C@@H](Oc3ncccc3[N+](=O)[O-])[C@H](O)[C@H]2O)[C@H](O)[C@@H](O[C@@H]2O[C@H](CO)[C@H](O)[C@H](O)[C@H]2O)[C@H]1O. The van der Waals surface area contributed by atoms with Gasteiger partial charge >= 0.3 is 11.7 Å². The van der Waals surface area contributed by atoms with E-state index < -0.39 is 128 Å². The number of rotatable bonds is 10. The maximum absolute atomic E-state index is 11.4. The molecule has 4 heterocycles. The van der Waals surface area contributed by atoms with Crippen molar-refractivity contribution in [3.8, 4) is 5.88 Å². The Kier molecular flexibility index (Phi) is 11.3. The topological polar surface area (TPSA) is 300 Å². The smallest absolute Gasteiger partial charge is 0.331 e. The minimum Gasteiger partial charge on any atom is -0.463 e. The maximum Gasteiger partial charge on any atom is 0.331 e. The molecule has 0 saturated carbocycles.